The molecule has 0 aromatic heterocycles. The fourth-order valence-corrected chi connectivity index (χ4v) is 7.89. The molecule has 38 heavy (non-hydrogen) atoms. The lowest BCUT2D eigenvalue weighted by Gasteiger charge is -2.22. The third-order valence-electron chi connectivity index (χ3n) is 7.97. The van der Waals surface area contributed by atoms with Gasteiger partial charge in [-0.2, -0.15) is 0 Å². The molecule has 2 nitrogen and oxygen atoms in total. The molecule has 2 aromatic rings. The zero-order valence-corrected chi connectivity index (χ0v) is 25.8. The lowest BCUT2D eigenvalue weighted by molar-refractivity contribution is 0.568. The molecule has 0 fully saturated rings. The highest BCUT2D eigenvalue weighted by Gasteiger charge is 2.23. The predicted molar refractivity (Wildman–Crippen MR) is 174 cm³/mol. The van der Waals surface area contributed by atoms with Crippen LogP contribution in [0, 0.1) is 0 Å². The van der Waals surface area contributed by atoms with Gasteiger partial charge < -0.3 is 0 Å². The first-order valence-electron chi connectivity index (χ1n) is 15.9. The summed E-state index contributed by atoms with van der Waals surface area (Å²) >= 11 is 3.80. The highest BCUT2D eigenvalue weighted by molar-refractivity contribution is 8.14. The van der Waals surface area contributed by atoms with Gasteiger partial charge in [0.15, 0.2) is 0 Å². The fraction of sp³-hybridized carbons (Fsp3) is 0.647. The Morgan fingerprint density at radius 3 is 1.16 bits per heavy atom. The van der Waals surface area contributed by atoms with Crippen molar-refractivity contribution in [2.24, 2.45) is 9.98 Å². The molecule has 0 radical (unpaired) electrons. The third kappa shape index (κ3) is 8.88. The van der Waals surface area contributed by atoms with Crippen molar-refractivity contribution in [2.75, 3.05) is 0 Å². The lowest BCUT2D eigenvalue weighted by Crippen LogP contribution is -2.01. The highest BCUT2D eigenvalue weighted by atomic mass is 32.2. The average Bonchev–Trinajstić information content (AvgIpc) is 2.94. The van der Waals surface area contributed by atoms with Crippen LogP contribution >= 0.6 is 23.5 Å². The van der Waals surface area contributed by atoms with Crippen LogP contribution in [0.3, 0.4) is 0 Å². The first kappa shape index (κ1) is 29.7. The molecule has 0 saturated heterocycles. The van der Waals surface area contributed by atoms with Gasteiger partial charge >= 0.3 is 0 Å². The molecule has 208 valence electrons. The van der Waals surface area contributed by atoms with Gasteiger partial charge in [0.2, 0.25) is 0 Å². The van der Waals surface area contributed by atoms with Crippen LogP contribution in [0.5, 0.6) is 0 Å². The Hall–Kier alpha value is -1.26. The number of aliphatic imine (C=N–C) groups is 2. The van der Waals surface area contributed by atoms with Gasteiger partial charge in [0.25, 0.3) is 0 Å². The van der Waals surface area contributed by atoms with Crippen LogP contribution in [0.15, 0.2) is 44.0 Å². The third-order valence-corrected chi connectivity index (χ3v) is 10.2. The normalized spacial score (nSPS) is 14.2. The maximum absolute atomic E-state index is 5.11. The SMILES string of the molecule is CCCCCCCCCCCC1=Nc2ccc3c4c(ccc(c24)S1)N=C(CCCCCCCCCCC)S3. The Balaban J connectivity index is 1.24. The van der Waals surface area contributed by atoms with E-state index in [1.54, 1.807) is 0 Å². The molecule has 0 atom stereocenters. The van der Waals surface area contributed by atoms with Gasteiger partial charge in [0, 0.05) is 20.6 Å². The van der Waals surface area contributed by atoms with E-state index in [4.69, 9.17) is 9.98 Å². The monoisotopic (exact) mass is 550 g/mol. The largest absolute Gasteiger partial charge is 0.246 e. The summed E-state index contributed by atoms with van der Waals surface area (Å²) in [6.07, 6.45) is 27.0. The van der Waals surface area contributed by atoms with E-state index in [1.807, 2.05) is 23.5 Å². The topological polar surface area (TPSA) is 24.7 Å². The Labute approximate surface area is 241 Å². The summed E-state index contributed by atoms with van der Waals surface area (Å²) in [6, 6.07) is 9.12. The van der Waals surface area contributed by atoms with E-state index >= 15 is 0 Å². The predicted octanol–water partition coefficient (Wildman–Crippen LogP) is 13.0. The second-order valence-corrected chi connectivity index (χ2v) is 13.5. The second kappa shape index (κ2) is 16.8. The molecule has 2 aliphatic rings. The first-order valence-corrected chi connectivity index (χ1v) is 17.5. The van der Waals surface area contributed by atoms with E-state index in [2.05, 4.69) is 38.1 Å². The van der Waals surface area contributed by atoms with Crippen molar-refractivity contribution in [1.82, 2.24) is 0 Å². The van der Waals surface area contributed by atoms with Gasteiger partial charge in [-0.25, -0.2) is 9.98 Å². The van der Waals surface area contributed by atoms with Crippen LogP contribution in [0.1, 0.15) is 142 Å². The van der Waals surface area contributed by atoms with Gasteiger partial charge in [-0.15, -0.1) is 0 Å². The number of benzene rings is 2. The molecule has 0 spiro atoms. The van der Waals surface area contributed by atoms with E-state index in [-0.39, 0.29) is 0 Å². The molecular weight excluding hydrogens is 501 g/mol. The molecule has 4 rings (SSSR count). The summed E-state index contributed by atoms with van der Waals surface area (Å²) in [5, 5.41) is 5.25. The van der Waals surface area contributed by atoms with Crippen LogP contribution in [0.25, 0.3) is 10.8 Å². The molecule has 0 saturated carbocycles. The maximum atomic E-state index is 5.11. The smallest absolute Gasteiger partial charge is 0.0786 e. The number of hydrogen-bond acceptors (Lipinski definition) is 4. The summed E-state index contributed by atoms with van der Waals surface area (Å²) < 4.78 is 0. The molecule has 2 heterocycles. The van der Waals surface area contributed by atoms with Crippen molar-refractivity contribution in [3.63, 3.8) is 0 Å². The van der Waals surface area contributed by atoms with E-state index in [0.29, 0.717) is 0 Å². The molecule has 0 N–H and O–H groups in total. The zero-order chi connectivity index (χ0) is 26.4. The fourth-order valence-electron chi connectivity index (χ4n) is 5.71. The van der Waals surface area contributed by atoms with Crippen molar-refractivity contribution < 1.29 is 0 Å². The Kier molecular flexibility index (Phi) is 13.1. The number of hydrogen-bond donors (Lipinski definition) is 0. The minimum Gasteiger partial charge on any atom is -0.246 e. The molecule has 2 aromatic carbocycles. The quantitative estimate of drug-likeness (QED) is 0.153. The van der Waals surface area contributed by atoms with Gasteiger partial charge in [-0.3, -0.25) is 0 Å². The number of unbranched alkanes of at least 4 members (excludes halogenated alkanes) is 16. The van der Waals surface area contributed by atoms with Gasteiger partial charge in [0.1, 0.15) is 0 Å². The van der Waals surface area contributed by atoms with Crippen LogP contribution < -0.4 is 0 Å². The van der Waals surface area contributed by atoms with Crippen LogP contribution in [0.2, 0.25) is 0 Å². The summed E-state index contributed by atoms with van der Waals surface area (Å²) in [5.41, 5.74) is 2.31. The van der Waals surface area contributed by atoms with Crippen molar-refractivity contribution in [3.05, 3.63) is 24.3 Å². The summed E-state index contributed by atoms with van der Waals surface area (Å²) in [4.78, 5) is 13.0. The molecule has 0 bridgehead atoms. The van der Waals surface area contributed by atoms with Gasteiger partial charge in [-0.1, -0.05) is 140 Å². The molecule has 0 aliphatic carbocycles. The van der Waals surface area contributed by atoms with Crippen molar-refractivity contribution in [3.8, 4) is 0 Å². The molecule has 0 amide bonds. The van der Waals surface area contributed by atoms with Crippen molar-refractivity contribution in [2.45, 2.75) is 152 Å². The summed E-state index contributed by atoms with van der Waals surface area (Å²) in [6.45, 7) is 4.58. The van der Waals surface area contributed by atoms with Gasteiger partial charge in [0.05, 0.1) is 21.5 Å². The zero-order valence-electron chi connectivity index (χ0n) is 24.2. The van der Waals surface area contributed by atoms with Gasteiger partial charge in [-0.05, 0) is 49.9 Å². The standard InChI is InChI=1S/C34H50N2S2/c1-3-5-7-9-11-13-15-17-19-21-31-35-27-23-26-30-34-28(24-25-29(37-31)33(27)34)36-32(38-30)22-20-18-16-14-12-10-8-6-4-2/h23-26H,3-22H2,1-2H3. The number of thioether (sulfide) groups is 2. The number of nitrogens with zero attached hydrogens (tertiary/aromatic N) is 2. The minimum atomic E-state index is 1.11. The molecule has 4 heteroatoms. The highest BCUT2D eigenvalue weighted by Crippen LogP contribution is 2.50. The summed E-state index contributed by atoms with van der Waals surface area (Å²) in [7, 11) is 0. The average molecular weight is 551 g/mol. The molecular formula is C34H50N2S2. The lowest BCUT2D eigenvalue weighted by atomic mass is 10.1. The Morgan fingerprint density at radius 1 is 0.447 bits per heavy atom. The number of rotatable bonds is 20. The molecule has 0 unspecified atom stereocenters. The summed E-state index contributed by atoms with van der Waals surface area (Å²) in [5.74, 6) is 0. The van der Waals surface area contributed by atoms with E-state index < -0.39 is 0 Å². The molecule has 2 aliphatic heterocycles. The van der Waals surface area contributed by atoms with E-state index in [9.17, 15) is 0 Å². The Morgan fingerprint density at radius 2 is 0.789 bits per heavy atom. The minimum absolute atomic E-state index is 1.11. The van der Waals surface area contributed by atoms with Crippen molar-refractivity contribution >= 4 is 55.8 Å². The van der Waals surface area contributed by atoms with Crippen LogP contribution in [0.4, 0.5) is 11.4 Å². The first-order chi connectivity index (χ1) is 18.8. The van der Waals surface area contributed by atoms with E-state index in [1.165, 1.54) is 146 Å². The van der Waals surface area contributed by atoms with Crippen LogP contribution in [-0.4, -0.2) is 10.1 Å². The second-order valence-electron chi connectivity index (χ2n) is 11.3. The maximum Gasteiger partial charge on any atom is 0.0786 e. The van der Waals surface area contributed by atoms with E-state index in [0.717, 1.165) is 24.2 Å². The van der Waals surface area contributed by atoms with Crippen molar-refractivity contribution in [1.29, 1.82) is 0 Å². The van der Waals surface area contributed by atoms with Crippen LogP contribution in [-0.2, 0) is 0 Å². The Bertz CT molecular complexity index is 987.